The number of hydrogen-bond donors (Lipinski definition) is 1. The number of morpholine rings is 1. The Morgan fingerprint density at radius 1 is 1.23 bits per heavy atom. The molecule has 3 aromatic rings. The van der Waals surface area contributed by atoms with E-state index in [-0.39, 0.29) is 16.8 Å². The van der Waals surface area contributed by atoms with Gasteiger partial charge in [-0.1, -0.05) is 12.1 Å². The maximum absolute atomic E-state index is 13.0. The molecule has 0 radical (unpaired) electrons. The first-order valence-corrected chi connectivity index (χ1v) is 11.8. The van der Waals surface area contributed by atoms with Crippen molar-refractivity contribution in [1.82, 2.24) is 19.0 Å². The van der Waals surface area contributed by atoms with Crippen molar-refractivity contribution in [2.45, 2.75) is 30.7 Å². The highest BCUT2D eigenvalue weighted by atomic mass is 32.2. The van der Waals surface area contributed by atoms with E-state index in [9.17, 15) is 13.2 Å². The molecule has 1 amide bonds. The molecule has 2 aliphatic rings. The third-order valence-electron chi connectivity index (χ3n) is 6.02. The molecule has 162 valence electrons. The molecule has 1 saturated heterocycles. The molecule has 0 unspecified atom stereocenters. The molecule has 9 heteroatoms. The van der Waals surface area contributed by atoms with Crippen LogP contribution in [0.25, 0.3) is 5.65 Å². The number of nitrogens with one attached hydrogen (secondary N) is 1. The van der Waals surface area contributed by atoms with Crippen molar-refractivity contribution < 1.29 is 17.9 Å². The summed E-state index contributed by atoms with van der Waals surface area (Å²) in [5.74, 6) is -0.262. The Kier molecular flexibility index (Phi) is 5.04. The molecule has 2 aromatic heterocycles. The van der Waals surface area contributed by atoms with Crippen molar-refractivity contribution in [3.8, 4) is 0 Å². The van der Waals surface area contributed by atoms with E-state index < -0.39 is 10.0 Å². The van der Waals surface area contributed by atoms with Gasteiger partial charge in [-0.05, 0) is 54.7 Å². The van der Waals surface area contributed by atoms with Gasteiger partial charge < -0.3 is 14.5 Å². The van der Waals surface area contributed by atoms with E-state index in [0.29, 0.717) is 32.0 Å². The van der Waals surface area contributed by atoms with Crippen molar-refractivity contribution in [2.75, 3.05) is 26.3 Å². The van der Waals surface area contributed by atoms with E-state index >= 15 is 0 Å². The second-order valence-corrected chi connectivity index (χ2v) is 9.93. The number of nitrogens with zero attached hydrogens (tertiary/aromatic N) is 3. The van der Waals surface area contributed by atoms with Crippen molar-refractivity contribution in [3.05, 3.63) is 65.1 Å². The van der Waals surface area contributed by atoms with E-state index in [1.807, 2.05) is 35.7 Å². The number of amides is 1. The van der Waals surface area contributed by atoms with Crippen LogP contribution in [-0.4, -0.2) is 54.3 Å². The molecule has 1 aliphatic carbocycles. The lowest BCUT2D eigenvalue weighted by atomic mass is 10.1. The van der Waals surface area contributed by atoms with Gasteiger partial charge in [0.2, 0.25) is 10.0 Å². The molecule has 3 heterocycles. The van der Waals surface area contributed by atoms with Crippen LogP contribution in [0, 0.1) is 6.92 Å². The molecule has 5 rings (SSSR count). The second kappa shape index (κ2) is 7.74. The maximum atomic E-state index is 13.0. The van der Waals surface area contributed by atoms with Crippen LogP contribution in [0.4, 0.5) is 0 Å². The highest BCUT2D eigenvalue weighted by Crippen LogP contribution is 2.34. The summed E-state index contributed by atoms with van der Waals surface area (Å²) in [6.07, 6.45) is 5.10. The van der Waals surface area contributed by atoms with Crippen LogP contribution in [0.15, 0.2) is 47.6 Å². The third-order valence-corrected chi connectivity index (χ3v) is 7.91. The number of benzene rings is 1. The molecular weight excluding hydrogens is 416 g/mol. The van der Waals surface area contributed by atoms with Gasteiger partial charge in [0.15, 0.2) is 0 Å². The Balaban J connectivity index is 1.40. The van der Waals surface area contributed by atoms with Gasteiger partial charge in [-0.2, -0.15) is 4.31 Å². The van der Waals surface area contributed by atoms with Gasteiger partial charge in [0.1, 0.15) is 11.3 Å². The number of pyridine rings is 1. The Bertz CT molecular complexity index is 1260. The summed E-state index contributed by atoms with van der Waals surface area (Å²) in [7, 11) is -3.58. The molecule has 0 bridgehead atoms. The number of sulfonamides is 1. The maximum Gasteiger partial charge on any atom is 0.271 e. The lowest BCUT2D eigenvalue weighted by Gasteiger charge is -2.26. The van der Waals surface area contributed by atoms with Crippen LogP contribution in [0.2, 0.25) is 0 Å². The molecule has 1 aromatic carbocycles. The zero-order valence-electron chi connectivity index (χ0n) is 17.2. The summed E-state index contributed by atoms with van der Waals surface area (Å²) < 4.78 is 34.6. The Hall–Kier alpha value is -2.75. The van der Waals surface area contributed by atoms with Crippen LogP contribution in [0.5, 0.6) is 0 Å². The van der Waals surface area contributed by atoms with E-state index in [1.54, 1.807) is 18.3 Å². The molecule has 31 heavy (non-hydrogen) atoms. The highest BCUT2D eigenvalue weighted by Gasteiger charge is 2.30. The molecule has 8 nitrogen and oxygen atoms in total. The van der Waals surface area contributed by atoms with E-state index in [4.69, 9.17) is 4.74 Å². The zero-order valence-corrected chi connectivity index (χ0v) is 18.1. The van der Waals surface area contributed by atoms with Gasteiger partial charge in [-0.3, -0.25) is 4.79 Å². The molecule has 1 fully saturated rings. The van der Waals surface area contributed by atoms with Gasteiger partial charge in [-0.15, -0.1) is 0 Å². The van der Waals surface area contributed by atoms with Crippen LogP contribution < -0.4 is 5.32 Å². The Morgan fingerprint density at radius 2 is 2.03 bits per heavy atom. The minimum atomic E-state index is -3.58. The molecule has 1 N–H and O–H groups in total. The highest BCUT2D eigenvalue weighted by molar-refractivity contribution is 7.89. The monoisotopic (exact) mass is 440 g/mol. The number of aryl methyl sites for hydroxylation is 2. The number of aromatic nitrogens is 2. The van der Waals surface area contributed by atoms with E-state index in [2.05, 4.69) is 10.3 Å². The number of rotatable bonds is 4. The lowest BCUT2D eigenvalue weighted by molar-refractivity contribution is 0.0730. The Labute approximate surface area is 180 Å². The SMILES string of the molecule is Cc1cccn2cc(C(=O)N[C@@H]3CCc4ccc(S(=O)(=O)N5CCOCC5)cc43)nc12. The first kappa shape index (κ1) is 20.2. The van der Waals surface area contributed by atoms with Crippen molar-refractivity contribution in [3.63, 3.8) is 0 Å². The fraction of sp³-hybridized carbons (Fsp3) is 0.364. The number of imidazole rings is 1. The smallest absolute Gasteiger partial charge is 0.271 e. The fourth-order valence-electron chi connectivity index (χ4n) is 4.32. The largest absolute Gasteiger partial charge is 0.379 e. The lowest BCUT2D eigenvalue weighted by Crippen LogP contribution is -2.40. The zero-order chi connectivity index (χ0) is 21.6. The van der Waals surface area contributed by atoms with Gasteiger partial charge in [-0.25, -0.2) is 13.4 Å². The summed E-state index contributed by atoms with van der Waals surface area (Å²) in [5, 5.41) is 3.05. The first-order chi connectivity index (χ1) is 14.9. The predicted octanol–water partition coefficient (Wildman–Crippen LogP) is 2.08. The summed E-state index contributed by atoms with van der Waals surface area (Å²) >= 11 is 0. The third kappa shape index (κ3) is 3.62. The van der Waals surface area contributed by atoms with Crippen LogP contribution in [-0.2, 0) is 21.2 Å². The quantitative estimate of drug-likeness (QED) is 0.671. The van der Waals surface area contributed by atoms with Gasteiger partial charge >= 0.3 is 0 Å². The first-order valence-electron chi connectivity index (χ1n) is 10.4. The number of carbonyl (C=O) groups is 1. The summed E-state index contributed by atoms with van der Waals surface area (Å²) in [4.78, 5) is 17.6. The van der Waals surface area contributed by atoms with Gasteiger partial charge in [0.05, 0.1) is 24.2 Å². The number of fused-ring (bicyclic) bond motifs is 2. The van der Waals surface area contributed by atoms with Crippen molar-refractivity contribution >= 4 is 21.6 Å². The summed E-state index contributed by atoms with van der Waals surface area (Å²) in [6.45, 7) is 3.47. The Morgan fingerprint density at radius 3 is 2.81 bits per heavy atom. The molecule has 0 spiro atoms. The predicted molar refractivity (Wildman–Crippen MR) is 114 cm³/mol. The number of ether oxygens (including phenoxy) is 1. The van der Waals surface area contributed by atoms with E-state index in [0.717, 1.165) is 35.2 Å². The second-order valence-electron chi connectivity index (χ2n) is 7.99. The van der Waals surface area contributed by atoms with Crippen molar-refractivity contribution in [2.24, 2.45) is 0 Å². The summed E-state index contributed by atoms with van der Waals surface area (Å²) in [6, 6.07) is 8.87. The fourth-order valence-corrected chi connectivity index (χ4v) is 5.77. The van der Waals surface area contributed by atoms with Gasteiger partial charge in [0.25, 0.3) is 5.91 Å². The average Bonchev–Trinajstić information content (AvgIpc) is 3.39. The minimum absolute atomic E-state index is 0.242. The van der Waals surface area contributed by atoms with Crippen LogP contribution in [0.1, 0.15) is 39.6 Å². The number of hydrogen-bond acceptors (Lipinski definition) is 5. The summed E-state index contributed by atoms with van der Waals surface area (Å²) in [5.41, 5.74) is 4.02. The van der Waals surface area contributed by atoms with E-state index in [1.165, 1.54) is 4.31 Å². The van der Waals surface area contributed by atoms with Gasteiger partial charge in [0, 0.05) is 25.5 Å². The van der Waals surface area contributed by atoms with Crippen molar-refractivity contribution in [1.29, 1.82) is 0 Å². The minimum Gasteiger partial charge on any atom is -0.379 e. The molecule has 1 aliphatic heterocycles. The topological polar surface area (TPSA) is 93.0 Å². The molecular formula is C22H24N4O4S. The standard InChI is InChI=1S/C22H24N4O4S/c1-15-3-2-8-25-14-20(23-21(15)25)22(27)24-19-7-5-16-4-6-17(13-18(16)19)31(28,29)26-9-11-30-12-10-26/h2-4,6,8,13-14,19H,5,7,9-12H2,1H3,(H,24,27)/t19-/m1/s1. The molecule has 0 saturated carbocycles. The molecule has 1 atom stereocenters. The average molecular weight is 441 g/mol. The van der Waals surface area contributed by atoms with Crippen LogP contribution in [0.3, 0.4) is 0 Å². The number of carbonyl (C=O) groups excluding carboxylic acids is 1. The normalized spacial score (nSPS) is 19.5. The van der Waals surface area contributed by atoms with Crippen LogP contribution >= 0.6 is 0 Å².